The summed E-state index contributed by atoms with van der Waals surface area (Å²) in [6.45, 7) is 1.61. The summed E-state index contributed by atoms with van der Waals surface area (Å²) in [5.74, 6) is -1.72. The predicted molar refractivity (Wildman–Crippen MR) is 111 cm³/mol. The molecule has 1 atom stereocenters. The van der Waals surface area contributed by atoms with Gasteiger partial charge in [-0.15, -0.1) is 0 Å². The van der Waals surface area contributed by atoms with Gasteiger partial charge in [0.25, 0.3) is 10.0 Å². The Morgan fingerprint density at radius 2 is 2.00 bits per heavy atom. The average molecular weight is 561 g/mol. The summed E-state index contributed by atoms with van der Waals surface area (Å²) in [5, 5.41) is 0.318. The average Bonchev–Trinajstić information content (AvgIpc) is 3.01. The monoisotopic (exact) mass is 558 g/mol. The molecule has 0 bridgehead atoms. The number of nitrogens with zero attached hydrogens (tertiary/aromatic N) is 1. The fourth-order valence-corrected chi connectivity index (χ4v) is 5.66. The number of halogens is 5. The zero-order valence-electron chi connectivity index (χ0n) is 14.5. The molecule has 5 nitrogen and oxygen atoms in total. The molecule has 0 spiro atoms. The van der Waals surface area contributed by atoms with Gasteiger partial charge in [0.2, 0.25) is 0 Å². The normalized spacial score (nSPS) is 17.7. The maximum absolute atomic E-state index is 14.4. The van der Waals surface area contributed by atoms with Crippen LogP contribution in [-0.4, -0.2) is 39.6 Å². The summed E-state index contributed by atoms with van der Waals surface area (Å²) in [5.41, 5.74) is 0.109. The highest BCUT2D eigenvalue weighted by Crippen LogP contribution is 2.35. The van der Waals surface area contributed by atoms with Crippen molar-refractivity contribution < 1.29 is 21.9 Å². The minimum atomic E-state index is -4.43. The summed E-state index contributed by atoms with van der Waals surface area (Å²) in [4.78, 5) is 1.27. The first kappa shape index (κ1) is 21.8. The van der Waals surface area contributed by atoms with Crippen LogP contribution in [0.15, 0.2) is 38.1 Å². The van der Waals surface area contributed by atoms with Crippen LogP contribution in [0.3, 0.4) is 0 Å². The van der Waals surface area contributed by atoms with Crippen molar-refractivity contribution in [2.24, 2.45) is 0 Å². The van der Waals surface area contributed by atoms with Gasteiger partial charge in [-0.3, -0.25) is 4.72 Å². The molecule has 2 aromatic carbocycles. The van der Waals surface area contributed by atoms with E-state index < -0.39 is 31.0 Å². The highest BCUT2D eigenvalue weighted by atomic mass is 79.9. The Morgan fingerprint density at radius 1 is 1.29 bits per heavy atom. The van der Waals surface area contributed by atoms with Gasteiger partial charge in [-0.05, 0) is 63.5 Å². The molecule has 2 aromatic rings. The van der Waals surface area contributed by atoms with Crippen molar-refractivity contribution in [3.63, 3.8) is 0 Å². The molecule has 1 N–H and O–H groups in total. The maximum atomic E-state index is 14.4. The fourth-order valence-electron chi connectivity index (χ4n) is 2.82. The maximum Gasteiger partial charge on any atom is 0.266 e. The van der Waals surface area contributed by atoms with E-state index in [2.05, 4.69) is 41.5 Å². The van der Waals surface area contributed by atoms with Crippen molar-refractivity contribution in [2.75, 3.05) is 24.9 Å². The van der Waals surface area contributed by atoms with E-state index in [0.29, 0.717) is 10.8 Å². The second-order valence-corrected chi connectivity index (χ2v) is 10.0. The third-order valence-corrected chi connectivity index (χ3v) is 7.52. The van der Waals surface area contributed by atoms with E-state index in [1.54, 1.807) is 0 Å². The molecular weight excluding hydrogens is 546 g/mol. The minimum Gasteiger partial charge on any atom is -0.487 e. The molecule has 0 saturated carbocycles. The minimum absolute atomic E-state index is 0.0693. The number of benzene rings is 2. The molecule has 0 unspecified atom stereocenters. The molecule has 152 valence electrons. The highest BCUT2D eigenvalue weighted by Gasteiger charge is 2.28. The summed E-state index contributed by atoms with van der Waals surface area (Å²) in [7, 11) is -2.46. The first-order chi connectivity index (χ1) is 13.1. The third kappa shape index (κ3) is 4.62. The van der Waals surface area contributed by atoms with Crippen LogP contribution >= 0.6 is 43.5 Å². The number of sulfonamides is 1. The second kappa shape index (κ2) is 8.43. The lowest BCUT2D eigenvalue weighted by Crippen LogP contribution is -2.21. The van der Waals surface area contributed by atoms with Gasteiger partial charge >= 0.3 is 0 Å². The summed E-state index contributed by atoms with van der Waals surface area (Å²) >= 11 is 11.8. The Kier molecular flexibility index (Phi) is 6.55. The summed E-state index contributed by atoms with van der Waals surface area (Å²) < 4.78 is 60.9. The zero-order chi connectivity index (χ0) is 20.6. The molecule has 28 heavy (non-hydrogen) atoms. The summed E-state index contributed by atoms with van der Waals surface area (Å²) in [6.07, 6.45) is 0.748. The number of hydrogen-bond donors (Lipinski definition) is 1. The quantitative estimate of drug-likeness (QED) is 0.522. The number of likely N-dealkylation sites (N-methyl/N-ethyl adjacent to an activating group) is 1. The number of likely N-dealkylation sites (tertiary alicyclic amines) is 1. The van der Waals surface area contributed by atoms with Crippen LogP contribution in [0, 0.1) is 11.6 Å². The van der Waals surface area contributed by atoms with Crippen LogP contribution in [0.25, 0.3) is 0 Å². The Balaban J connectivity index is 1.90. The summed E-state index contributed by atoms with van der Waals surface area (Å²) in [6, 6.07) is 5.14. The van der Waals surface area contributed by atoms with Crippen molar-refractivity contribution in [3.8, 4) is 5.75 Å². The molecular formula is C17H15Br2ClF2N2O3S. The Labute approximate surface area is 183 Å². The molecule has 0 aliphatic carbocycles. The van der Waals surface area contributed by atoms with Gasteiger partial charge in [-0.2, -0.15) is 0 Å². The van der Waals surface area contributed by atoms with E-state index >= 15 is 0 Å². The molecule has 1 saturated heterocycles. The molecule has 0 aromatic heterocycles. The molecule has 3 rings (SSSR count). The van der Waals surface area contributed by atoms with Crippen molar-refractivity contribution in [1.29, 1.82) is 0 Å². The number of nitrogens with one attached hydrogen (secondary N) is 1. The first-order valence-corrected chi connectivity index (χ1v) is 11.5. The van der Waals surface area contributed by atoms with Crippen LogP contribution in [0.5, 0.6) is 5.75 Å². The number of hydrogen-bond acceptors (Lipinski definition) is 4. The lowest BCUT2D eigenvalue weighted by atomic mass is 10.3. The molecule has 1 fully saturated rings. The lowest BCUT2D eigenvalue weighted by molar-refractivity contribution is 0.208. The van der Waals surface area contributed by atoms with Crippen LogP contribution in [0.2, 0.25) is 5.02 Å². The Morgan fingerprint density at radius 3 is 2.64 bits per heavy atom. The Hall–Kier alpha value is -0.940. The molecule has 1 heterocycles. The van der Waals surface area contributed by atoms with E-state index in [1.807, 2.05) is 7.05 Å². The lowest BCUT2D eigenvalue weighted by Gasteiger charge is -2.17. The number of ether oxygens (including phenoxy) is 1. The second-order valence-electron chi connectivity index (χ2n) is 6.34. The third-order valence-electron chi connectivity index (χ3n) is 4.17. The molecule has 11 heteroatoms. The molecule has 0 radical (unpaired) electrons. The van der Waals surface area contributed by atoms with Gasteiger partial charge in [-0.25, -0.2) is 17.2 Å². The first-order valence-electron chi connectivity index (χ1n) is 8.09. The van der Waals surface area contributed by atoms with E-state index in [0.717, 1.165) is 25.6 Å². The SMILES string of the molecule is CN1CC[C@H](Oc2cc(NS(=O)(=O)c3c(F)c(Br)cc(F)c3Br)ccc2Cl)C1. The standard InChI is InChI=1S/C17H15Br2ClF2N2O3S/c1-24-5-4-10(8-24)27-14-6-9(2-3-12(14)20)23-28(25,26)17-15(19)13(21)7-11(18)16(17)22/h2-3,6-7,10,23H,4-5,8H2,1H3/t10-/m0/s1. The van der Waals surface area contributed by atoms with Gasteiger partial charge in [-0.1, -0.05) is 11.6 Å². The smallest absolute Gasteiger partial charge is 0.266 e. The van der Waals surface area contributed by atoms with Crippen LogP contribution < -0.4 is 9.46 Å². The molecule has 1 aliphatic rings. The van der Waals surface area contributed by atoms with Gasteiger partial charge in [0.05, 0.1) is 19.7 Å². The van der Waals surface area contributed by atoms with Gasteiger partial charge in [0.15, 0.2) is 5.82 Å². The number of anilines is 1. The predicted octanol–water partition coefficient (Wildman–Crippen LogP) is 5.03. The van der Waals surface area contributed by atoms with Crippen molar-refractivity contribution in [1.82, 2.24) is 4.90 Å². The Bertz CT molecular complexity index is 998. The van der Waals surface area contributed by atoms with Gasteiger partial charge < -0.3 is 9.64 Å². The van der Waals surface area contributed by atoms with E-state index in [1.165, 1.54) is 18.2 Å². The largest absolute Gasteiger partial charge is 0.487 e. The van der Waals surface area contributed by atoms with Crippen LogP contribution in [-0.2, 0) is 10.0 Å². The van der Waals surface area contributed by atoms with Gasteiger partial charge in [0.1, 0.15) is 22.6 Å². The van der Waals surface area contributed by atoms with Crippen molar-refractivity contribution in [2.45, 2.75) is 17.4 Å². The zero-order valence-corrected chi connectivity index (χ0v) is 19.2. The van der Waals surface area contributed by atoms with E-state index in [9.17, 15) is 17.2 Å². The highest BCUT2D eigenvalue weighted by molar-refractivity contribution is 9.11. The molecule has 0 amide bonds. The van der Waals surface area contributed by atoms with Gasteiger partial charge in [0, 0.05) is 19.2 Å². The number of rotatable bonds is 5. The van der Waals surface area contributed by atoms with E-state index in [4.69, 9.17) is 16.3 Å². The molecule has 1 aliphatic heterocycles. The van der Waals surface area contributed by atoms with Crippen LogP contribution in [0.4, 0.5) is 14.5 Å². The van der Waals surface area contributed by atoms with E-state index in [-0.39, 0.29) is 16.3 Å². The topological polar surface area (TPSA) is 58.6 Å². The van der Waals surface area contributed by atoms with Crippen molar-refractivity contribution >= 4 is 59.2 Å². The fraction of sp³-hybridized carbons (Fsp3) is 0.294. The van der Waals surface area contributed by atoms with Crippen molar-refractivity contribution in [3.05, 3.63) is 49.9 Å². The van der Waals surface area contributed by atoms with Crippen LogP contribution in [0.1, 0.15) is 6.42 Å².